The second kappa shape index (κ2) is 6.52. The first kappa shape index (κ1) is 15.7. The van der Waals surface area contributed by atoms with Crippen molar-refractivity contribution in [2.75, 3.05) is 0 Å². The molecule has 0 aliphatic heterocycles. The molecule has 0 spiro atoms. The van der Waals surface area contributed by atoms with Crippen LogP contribution in [0, 0.1) is 0 Å². The van der Waals surface area contributed by atoms with Crippen molar-refractivity contribution < 1.29 is 17.3 Å². The molecule has 0 saturated heterocycles. The fraction of sp³-hybridized carbons (Fsp3) is 0.200. The van der Waals surface area contributed by atoms with E-state index in [0.717, 1.165) is 6.42 Å². The van der Waals surface area contributed by atoms with E-state index < -0.39 is 25.4 Å². The summed E-state index contributed by atoms with van der Waals surface area (Å²) >= 11 is -1.53. The molecule has 117 valence electrons. The molecule has 0 bridgehead atoms. The first-order chi connectivity index (χ1) is 10.6. The van der Waals surface area contributed by atoms with Gasteiger partial charge in [-0.1, -0.05) is 0 Å². The van der Waals surface area contributed by atoms with Crippen LogP contribution in [0.15, 0.2) is 82.0 Å². The molecule has 0 radical (unpaired) electrons. The first-order valence-electron chi connectivity index (χ1n) is 7.68. The Balaban J connectivity index is 2.15. The Morgan fingerprint density at radius 3 is 1.73 bits per heavy atom. The summed E-state index contributed by atoms with van der Waals surface area (Å²) in [5, 5.41) is 1.70. The maximum atomic E-state index is 2.47. The predicted molar refractivity (Wildman–Crippen MR) is 96.3 cm³/mol. The molecule has 2 aromatic rings. The summed E-state index contributed by atoms with van der Waals surface area (Å²) in [7, 11) is -1.28. The molecule has 2 heteroatoms. The molecular formula is C20H23PtSi. The number of hydrogen-bond donors (Lipinski definition) is 0. The third-order valence-corrected chi connectivity index (χ3v) is 12.8. The van der Waals surface area contributed by atoms with Gasteiger partial charge in [-0.3, -0.25) is 0 Å². The molecule has 0 saturated carbocycles. The van der Waals surface area contributed by atoms with Crippen LogP contribution in [0.1, 0.15) is 6.42 Å². The molecule has 22 heavy (non-hydrogen) atoms. The molecule has 0 unspecified atom stereocenters. The Labute approximate surface area is 141 Å². The van der Waals surface area contributed by atoms with Gasteiger partial charge in [-0.05, 0) is 0 Å². The van der Waals surface area contributed by atoms with Gasteiger partial charge >= 0.3 is 141 Å². The monoisotopic (exact) mass is 486 g/mol. The Hall–Kier alpha value is -1.17. The molecule has 0 fully saturated rings. The molecule has 3 rings (SSSR count). The normalized spacial score (nSPS) is 15.3. The van der Waals surface area contributed by atoms with Gasteiger partial charge in [-0.2, -0.15) is 0 Å². The molecule has 0 amide bonds. The van der Waals surface area contributed by atoms with Gasteiger partial charge in [0.2, 0.25) is 0 Å². The summed E-state index contributed by atoms with van der Waals surface area (Å²) in [5.41, 5.74) is 0. The van der Waals surface area contributed by atoms with Crippen LogP contribution in [0.3, 0.4) is 0 Å². The molecule has 1 aliphatic rings. The van der Waals surface area contributed by atoms with E-state index in [9.17, 15) is 0 Å². The Bertz CT molecular complexity index is 654. The van der Waals surface area contributed by atoms with Crippen molar-refractivity contribution in [1.82, 2.24) is 0 Å². The summed E-state index contributed by atoms with van der Waals surface area (Å²) in [6.45, 7) is 7.42. The quantitative estimate of drug-likeness (QED) is 0.564. The van der Waals surface area contributed by atoms with Crippen LogP contribution in [-0.4, -0.2) is 8.07 Å². The van der Waals surface area contributed by atoms with E-state index in [4.69, 9.17) is 0 Å². The van der Waals surface area contributed by atoms with Gasteiger partial charge in [0.15, 0.2) is 0 Å². The van der Waals surface area contributed by atoms with Crippen molar-refractivity contribution in [2.45, 2.75) is 26.1 Å². The van der Waals surface area contributed by atoms with Gasteiger partial charge < -0.3 is 0 Å². The van der Waals surface area contributed by atoms with Crippen LogP contribution >= 0.6 is 0 Å². The Morgan fingerprint density at radius 1 is 0.773 bits per heavy atom. The van der Waals surface area contributed by atoms with E-state index in [1.165, 1.54) is 0 Å². The standard InChI is InChI=1S/C8H13Si.2C6H5.Pt/c1-9(2,3)8-6-4-5-7-8;2*1-2-4-6-5-3-1;/h4,6H,5H2,1-3H3;2*1-5H;. The van der Waals surface area contributed by atoms with E-state index in [0.29, 0.717) is 0 Å². The summed E-state index contributed by atoms with van der Waals surface area (Å²) in [6, 6.07) is 22.4. The van der Waals surface area contributed by atoms with Gasteiger partial charge in [0, 0.05) is 0 Å². The minimum atomic E-state index is -1.53. The molecule has 0 heterocycles. The molecule has 0 N–H and O–H groups in total. The predicted octanol–water partition coefficient (Wildman–Crippen LogP) is 4.35. The van der Waals surface area contributed by atoms with Crippen molar-refractivity contribution >= 4 is 16.0 Å². The van der Waals surface area contributed by atoms with Crippen molar-refractivity contribution in [3.05, 3.63) is 82.0 Å². The van der Waals surface area contributed by atoms with Gasteiger partial charge in [0.25, 0.3) is 0 Å². The van der Waals surface area contributed by atoms with Gasteiger partial charge in [0.1, 0.15) is 0 Å². The zero-order valence-electron chi connectivity index (χ0n) is 13.5. The molecule has 1 aliphatic carbocycles. The Kier molecular flexibility index (Phi) is 4.66. The van der Waals surface area contributed by atoms with Crippen LogP contribution < -0.4 is 7.91 Å². The van der Waals surface area contributed by atoms with Crippen molar-refractivity contribution in [3.63, 3.8) is 0 Å². The minimum absolute atomic E-state index is 1.16. The maximum absolute atomic E-state index is 2.47. The summed E-state index contributed by atoms with van der Waals surface area (Å²) in [4.78, 5) is 0. The topological polar surface area (TPSA) is 0 Å². The van der Waals surface area contributed by atoms with Crippen LogP contribution in [0.5, 0.6) is 0 Å². The molecular weight excluding hydrogens is 463 g/mol. The SMILES string of the molecule is C[Si](C)(C)C1=[C]([Pt]([c]2ccccc2)[c]2ccccc2)CC=C1. The van der Waals surface area contributed by atoms with E-state index in [1.807, 2.05) is 0 Å². The fourth-order valence-electron chi connectivity index (χ4n) is 2.59. The van der Waals surface area contributed by atoms with Crippen molar-refractivity contribution in [2.24, 2.45) is 0 Å². The van der Waals surface area contributed by atoms with Gasteiger partial charge in [-0.25, -0.2) is 0 Å². The molecule has 0 nitrogen and oxygen atoms in total. The third kappa shape index (κ3) is 3.26. The van der Waals surface area contributed by atoms with E-state index >= 15 is 0 Å². The fourth-order valence-corrected chi connectivity index (χ4v) is 13.5. The third-order valence-electron chi connectivity index (χ3n) is 3.63. The van der Waals surface area contributed by atoms with Crippen LogP contribution in [0.2, 0.25) is 19.6 Å². The van der Waals surface area contributed by atoms with E-state index in [-0.39, 0.29) is 0 Å². The second-order valence-corrected chi connectivity index (χ2v) is 17.1. The second-order valence-electron chi connectivity index (χ2n) is 6.39. The zero-order chi connectivity index (χ0) is 15.6. The van der Waals surface area contributed by atoms with Crippen LogP contribution in [-0.2, 0) is 17.3 Å². The van der Waals surface area contributed by atoms with Crippen LogP contribution in [0.25, 0.3) is 0 Å². The molecule has 2 aromatic carbocycles. The first-order valence-corrected chi connectivity index (χ1v) is 14.6. The summed E-state index contributed by atoms with van der Waals surface area (Å²) < 4.78 is 4.89. The van der Waals surface area contributed by atoms with Gasteiger partial charge in [-0.15, -0.1) is 0 Å². The van der Waals surface area contributed by atoms with Crippen molar-refractivity contribution in [1.29, 1.82) is 0 Å². The number of benzene rings is 2. The average Bonchev–Trinajstić information content (AvgIpc) is 2.99. The Morgan fingerprint density at radius 2 is 1.27 bits per heavy atom. The van der Waals surface area contributed by atoms with Crippen molar-refractivity contribution in [3.8, 4) is 0 Å². The van der Waals surface area contributed by atoms with Gasteiger partial charge in [0.05, 0.1) is 0 Å². The molecule has 0 atom stereocenters. The van der Waals surface area contributed by atoms with E-state index in [1.54, 1.807) is 17.1 Å². The number of hydrogen-bond acceptors (Lipinski definition) is 0. The summed E-state index contributed by atoms with van der Waals surface area (Å²) in [5.74, 6) is 0. The van der Waals surface area contributed by atoms with E-state index in [2.05, 4.69) is 92.5 Å². The van der Waals surface area contributed by atoms with Crippen LogP contribution in [0.4, 0.5) is 0 Å². The number of rotatable bonds is 4. The summed E-state index contributed by atoms with van der Waals surface area (Å²) in [6.07, 6.45) is 5.98. The zero-order valence-corrected chi connectivity index (χ0v) is 16.7. The molecule has 0 aromatic heterocycles. The average molecular weight is 487 g/mol. The number of allylic oxidation sites excluding steroid dienone is 4.